The lowest BCUT2D eigenvalue weighted by Crippen LogP contribution is -2.08. The average molecular weight is 327 g/mol. The zero-order valence-electron chi connectivity index (χ0n) is 12.8. The van der Waals surface area contributed by atoms with Gasteiger partial charge in [0.25, 0.3) is 0 Å². The highest BCUT2D eigenvalue weighted by atomic mass is 19.1. The number of hydrogen-bond acceptors (Lipinski definition) is 5. The van der Waals surface area contributed by atoms with Gasteiger partial charge in [-0.1, -0.05) is 12.1 Å². The van der Waals surface area contributed by atoms with Gasteiger partial charge in [0.1, 0.15) is 18.8 Å². The number of methoxy groups -OCH3 is 1. The van der Waals surface area contributed by atoms with Gasteiger partial charge in [-0.3, -0.25) is 4.57 Å². The summed E-state index contributed by atoms with van der Waals surface area (Å²) < 4.78 is 25.7. The summed E-state index contributed by atoms with van der Waals surface area (Å²) in [6.07, 6.45) is 6.64. The lowest BCUT2D eigenvalue weighted by atomic mass is 10.2. The Bertz CT molecular complexity index is 833. The van der Waals surface area contributed by atoms with E-state index in [4.69, 9.17) is 9.47 Å². The van der Waals surface area contributed by atoms with Crippen molar-refractivity contribution < 1.29 is 18.7 Å². The van der Waals surface area contributed by atoms with E-state index in [0.717, 1.165) is 0 Å². The van der Waals surface area contributed by atoms with E-state index in [2.05, 4.69) is 9.97 Å². The molecule has 3 aromatic rings. The van der Waals surface area contributed by atoms with E-state index in [1.807, 2.05) is 0 Å². The summed E-state index contributed by atoms with van der Waals surface area (Å²) in [7, 11) is 1.33. The van der Waals surface area contributed by atoms with Crippen molar-refractivity contribution in [2.24, 2.45) is 0 Å². The Morgan fingerprint density at radius 1 is 1.29 bits per heavy atom. The van der Waals surface area contributed by atoms with Gasteiger partial charge in [-0.15, -0.1) is 0 Å². The van der Waals surface area contributed by atoms with Gasteiger partial charge >= 0.3 is 5.97 Å². The molecule has 0 unspecified atom stereocenters. The van der Waals surface area contributed by atoms with Crippen LogP contribution in [-0.4, -0.2) is 27.6 Å². The molecule has 7 heteroatoms. The molecule has 2 heterocycles. The maximum absolute atomic E-state index is 14.0. The van der Waals surface area contributed by atoms with Crippen molar-refractivity contribution >= 4 is 5.97 Å². The third kappa shape index (κ3) is 3.24. The molecule has 1 aromatic carbocycles. The molecule has 0 amide bonds. The minimum absolute atomic E-state index is 0.00389. The predicted molar refractivity (Wildman–Crippen MR) is 83.4 cm³/mol. The number of benzene rings is 1. The Morgan fingerprint density at radius 2 is 2.17 bits per heavy atom. The van der Waals surface area contributed by atoms with E-state index < -0.39 is 11.8 Å². The molecule has 0 saturated carbocycles. The van der Waals surface area contributed by atoms with Crippen molar-refractivity contribution in [2.45, 2.75) is 6.61 Å². The summed E-state index contributed by atoms with van der Waals surface area (Å²) in [5.41, 5.74) is 0.521. The van der Waals surface area contributed by atoms with Gasteiger partial charge in [0, 0.05) is 24.2 Å². The lowest BCUT2D eigenvalue weighted by molar-refractivity contribution is 0.0466. The molecule has 0 aliphatic heterocycles. The summed E-state index contributed by atoms with van der Waals surface area (Å²) in [6, 6.07) is 7.86. The van der Waals surface area contributed by atoms with Crippen molar-refractivity contribution in [3.05, 3.63) is 72.2 Å². The molecule has 0 spiro atoms. The van der Waals surface area contributed by atoms with Crippen molar-refractivity contribution in [3.8, 4) is 11.6 Å². The number of hydrogen-bond donors (Lipinski definition) is 0. The maximum Gasteiger partial charge on any atom is 0.341 e. The molecule has 0 bridgehead atoms. The quantitative estimate of drug-likeness (QED) is 0.674. The maximum atomic E-state index is 14.0. The first kappa shape index (κ1) is 15.7. The zero-order chi connectivity index (χ0) is 16.9. The van der Waals surface area contributed by atoms with Crippen LogP contribution in [0.2, 0.25) is 0 Å². The number of pyridine rings is 1. The number of imidazole rings is 1. The fraction of sp³-hybridized carbons (Fsp3) is 0.118. The van der Waals surface area contributed by atoms with E-state index in [1.54, 1.807) is 41.6 Å². The van der Waals surface area contributed by atoms with Crippen LogP contribution in [0.5, 0.6) is 5.75 Å². The summed E-state index contributed by atoms with van der Waals surface area (Å²) in [6.45, 7) is -0.00725. The van der Waals surface area contributed by atoms with Gasteiger partial charge in [-0.05, 0) is 18.2 Å². The second kappa shape index (κ2) is 6.91. The number of carbonyl (C=O) groups excluding carboxylic acids is 1. The van der Waals surface area contributed by atoms with Gasteiger partial charge in [-0.2, -0.15) is 0 Å². The number of esters is 1. The van der Waals surface area contributed by atoms with Crippen molar-refractivity contribution in [2.75, 3.05) is 7.11 Å². The summed E-state index contributed by atoms with van der Waals surface area (Å²) in [5, 5.41) is 0. The third-order valence-electron chi connectivity index (χ3n) is 3.35. The van der Waals surface area contributed by atoms with Crippen LogP contribution < -0.4 is 4.74 Å². The van der Waals surface area contributed by atoms with Crippen LogP contribution in [0.4, 0.5) is 4.39 Å². The minimum Gasteiger partial charge on any atom is -0.494 e. The number of aromatic nitrogens is 3. The molecule has 0 atom stereocenters. The van der Waals surface area contributed by atoms with Crippen LogP contribution in [-0.2, 0) is 11.3 Å². The molecule has 2 aromatic heterocycles. The molecule has 0 aliphatic carbocycles. The molecule has 0 saturated heterocycles. The van der Waals surface area contributed by atoms with E-state index in [-0.39, 0.29) is 17.9 Å². The third-order valence-corrected chi connectivity index (χ3v) is 3.35. The Balaban J connectivity index is 1.66. The molecule has 122 valence electrons. The van der Waals surface area contributed by atoms with Crippen LogP contribution >= 0.6 is 0 Å². The van der Waals surface area contributed by atoms with E-state index >= 15 is 0 Å². The van der Waals surface area contributed by atoms with Crippen molar-refractivity contribution in [1.82, 2.24) is 14.5 Å². The Morgan fingerprint density at radius 3 is 2.83 bits per heavy atom. The zero-order valence-corrected chi connectivity index (χ0v) is 12.8. The lowest BCUT2D eigenvalue weighted by Gasteiger charge is -2.08. The highest BCUT2D eigenvalue weighted by Gasteiger charge is 2.16. The molecule has 0 aliphatic rings. The fourth-order valence-electron chi connectivity index (χ4n) is 2.10. The van der Waals surface area contributed by atoms with Crippen LogP contribution in [0.1, 0.15) is 15.9 Å². The van der Waals surface area contributed by atoms with Crippen LogP contribution in [0.3, 0.4) is 0 Å². The molecule has 6 nitrogen and oxygen atoms in total. The second-order valence-corrected chi connectivity index (χ2v) is 4.89. The Hall–Kier alpha value is -3.22. The molecular formula is C17H14FN3O3. The average Bonchev–Trinajstić information content (AvgIpc) is 3.15. The highest BCUT2D eigenvalue weighted by molar-refractivity contribution is 5.90. The number of ether oxygens (including phenoxy) is 2. The number of nitrogens with zero attached hydrogens (tertiary/aromatic N) is 3. The van der Waals surface area contributed by atoms with Crippen molar-refractivity contribution in [3.63, 3.8) is 0 Å². The van der Waals surface area contributed by atoms with Crippen molar-refractivity contribution in [1.29, 1.82) is 0 Å². The summed E-state index contributed by atoms with van der Waals surface area (Å²) in [5.74, 6) is -0.805. The molecule has 0 fully saturated rings. The molecule has 24 heavy (non-hydrogen) atoms. The van der Waals surface area contributed by atoms with Crippen LogP contribution in [0.15, 0.2) is 55.2 Å². The number of carbonyl (C=O) groups is 1. The van der Waals surface area contributed by atoms with Gasteiger partial charge in [0.15, 0.2) is 11.6 Å². The topological polar surface area (TPSA) is 66.2 Å². The first-order chi connectivity index (χ1) is 11.7. The van der Waals surface area contributed by atoms with E-state index in [9.17, 15) is 9.18 Å². The molecule has 3 rings (SSSR count). The first-order valence-electron chi connectivity index (χ1n) is 7.12. The van der Waals surface area contributed by atoms with E-state index in [0.29, 0.717) is 11.4 Å². The molecular weight excluding hydrogens is 313 g/mol. The predicted octanol–water partition coefficient (Wildman–Crippen LogP) is 2.77. The second-order valence-electron chi connectivity index (χ2n) is 4.89. The van der Waals surface area contributed by atoms with E-state index in [1.165, 1.54) is 25.3 Å². The monoisotopic (exact) mass is 327 g/mol. The summed E-state index contributed by atoms with van der Waals surface area (Å²) >= 11 is 0. The SMILES string of the molecule is COc1cccc(C(=O)OCc2ccc(-n3ccnc3)nc2)c1F. The Kier molecular flexibility index (Phi) is 4.51. The Labute approximate surface area is 137 Å². The highest BCUT2D eigenvalue weighted by Crippen LogP contribution is 2.21. The largest absolute Gasteiger partial charge is 0.494 e. The smallest absolute Gasteiger partial charge is 0.341 e. The normalized spacial score (nSPS) is 10.4. The van der Waals surface area contributed by atoms with Gasteiger partial charge in [-0.25, -0.2) is 19.2 Å². The van der Waals surface area contributed by atoms with Gasteiger partial charge < -0.3 is 9.47 Å². The summed E-state index contributed by atoms with van der Waals surface area (Å²) in [4.78, 5) is 20.2. The standard InChI is InChI=1S/C17H14FN3O3/c1-23-14-4-2-3-13(16(14)18)17(22)24-10-12-5-6-15(20-9-12)21-8-7-19-11-21/h2-9,11H,10H2,1H3. The number of halogens is 1. The van der Waals surface area contributed by atoms with Crippen LogP contribution in [0.25, 0.3) is 5.82 Å². The first-order valence-corrected chi connectivity index (χ1v) is 7.12. The van der Waals surface area contributed by atoms with Gasteiger partial charge in [0.2, 0.25) is 0 Å². The molecule has 0 radical (unpaired) electrons. The fourth-order valence-corrected chi connectivity index (χ4v) is 2.10. The van der Waals surface area contributed by atoms with Crippen LogP contribution in [0, 0.1) is 5.82 Å². The number of rotatable bonds is 5. The minimum atomic E-state index is -0.759. The molecule has 0 N–H and O–H groups in total. The van der Waals surface area contributed by atoms with Gasteiger partial charge in [0.05, 0.1) is 12.7 Å².